The molecule has 0 aliphatic heterocycles. The van der Waals surface area contributed by atoms with Crippen molar-refractivity contribution >= 4 is 19.4 Å². The Balaban J connectivity index is 3.94. The van der Waals surface area contributed by atoms with Crippen LogP contribution in [0.25, 0.3) is 0 Å². The first-order valence-corrected chi connectivity index (χ1v) is 4.64. The Labute approximate surface area is 85.8 Å². The van der Waals surface area contributed by atoms with Gasteiger partial charge in [-0.05, 0) is 13.8 Å². The molecule has 0 bridgehead atoms. The molecule has 13 heavy (non-hydrogen) atoms. The average Bonchev–Trinajstić information content (AvgIpc) is 2.03. The molecule has 0 aromatic rings. The zero-order valence-corrected chi connectivity index (χ0v) is 8.99. The lowest BCUT2D eigenvalue weighted by Crippen LogP contribution is -2.37. The van der Waals surface area contributed by atoms with Gasteiger partial charge in [-0.2, -0.15) is 0 Å². The topological polar surface area (TPSA) is 38.7 Å². The quantitative estimate of drug-likeness (QED) is 0.509. The van der Waals surface area contributed by atoms with E-state index in [9.17, 15) is 5.11 Å². The van der Waals surface area contributed by atoms with Crippen LogP contribution < -0.4 is 0 Å². The molecule has 2 radical (unpaired) electrons. The summed E-state index contributed by atoms with van der Waals surface area (Å²) in [5.74, 6) is 0. The molecule has 0 fully saturated rings. The van der Waals surface area contributed by atoms with Gasteiger partial charge in [0.1, 0.15) is 14.0 Å². The lowest BCUT2D eigenvalue weighted by Gasteiger charge is -2.25. The van der Waals surface area contributed by atoms with Crippen molar-refractivity contribution in [1.82, 2.24) is 0 Å². The molecule has 0 amide bonds. The molecule has 0 saturated heterocycles. The van der Waals surface area contributed by atoms with Crippen LogP contribution in [-0.4, -0.2) is 50.3 Å². The number of rotatable bonds is 6. The standard InChI is InChI=1S/C8H16BClO3/c1-5(10)8(9)13-7(4-12-3)6(2)11/h5-8,11H,4H2,1-3H3/t5-,6+,7+,8?/m0/s1. The molecule has 4 atom stereocenters. The Bertz CT molecular complexity index is 133. The van der Waals surface area contributed by atoms with Crippen molar-refractivity contribution in [2.45, 2.75) is 37.4 Å². The van der Waals surface area contributed by atoms with Gasteiger partial charge in [-0.25, -0.2) is 0 Å². The third-order valence-electron chi connectivity index (χ3n) is 1.65. The molecular weight excluding hydrogens is 190 g/mol. The molecule has 1 N–H and O–H groups in total. The monoisotopic (exact) mass is 206 g/mol. The van der Waals surface area contributed by atoms with Crippen LogP contribution in [0.5, 0.6) is 0 Å². The first-order chi connectivity index (χ1) is 5.99. The Hall–Kier alpha value is 0.235. The maximum Gasteiger partial charge on any atom is 0.111 e. The summed E-state index contributed by atoms with van der Waals surface area (Å²) in [5.41, 5.74) is 0. The number of aliphatic hydroxyl groups excluding tert-OH is 1. The second kappa shape index (κ2) is 6.65. The maximum absolute atomic E-state index is 9.27. The number of hydrogen-bond donors (Lipinski definition) is 1. The fraction of sp³-hybridized carbons (Fsp3) is 1.00. The minimum atomic E-state index is -0.624. The molecular formula is C8H16BClO3. The Morgan fingerprint density at radius 1 is 1.46 bits per heavy atom. The van der Waals surface area contributed by atoms with E-state index < -0.39 is 18.2 Å². The van der Waals surface area contributed by atoms with Crippen molar-refractivity contribution in [2.24, 2.45) is 0 Å². The van der Waals surface area contributed by atoms with Crippen LogP contribution in [0.15, 0.2) is 0 Å². The van der Waals surface area contributed by atoms with Crippen molar-refractivity contribution in [3.63, 3.8) is 0 Å². The summed E-state index contributed by atoms with van der Waals surface area (Å²) in [7, 11) is 7.10. The third-order valence-corrected chi connectivity index (χ3v) is 1.90. The summed E-state index contributed by atoms with van der Waals surface area (Å²) in [6, 6.07) is -0.587. The molecule has 0 aromatic carbocycles. The number of ether oxygens (including phenoxy) is 2. The predicted molar refractivity (Wildman–Crippen MR) is 53.3 cm³/mol. The number of alkyl halides is 1. The Morgan fingerprint density at radius 2 is 2.00 bits per heavy atom. The minimum Gasteiger partial charge on any atom is -0.391 e. The normalized spacial score (nSPS) is 20.7. The van der Waals surface area contributed by atoms with Gasteiger partial charge in [0.15, 0.2) is 0 Å². The predicted octanol–water partition coefficient (Wildman–Crippen LogP) is 0.521. The van der Waals surface area contributed by atoms with Gasteiger partial charge in [0, 0.05) is 18.5 Å². The van der Waals surface area contributed by atoms with Gasteiger partial charge >= 0.3 is 0 Å². The van der Waals surface area contributed by atoms with E-state index >= 15 is 0 Å². The van der Waals surface area contributed by atoms with Crippen molar-refractivity contribution in [3.8, 4) is 0 Å². The van der Waals surface area contributed by atoms with Crippen molar-refractivity contribution in [2.75, 3.05) is 13.7 Å². The van der Waals surface area contributed by atoms with Crippen molar-refractivity contribution in [3.05, 3.63) is 0 Å². The summed E-state index contributed by atoms with van der Waals surface area (Å²) < 4.78 is 10.1. The van der Waals surface area contributed by atoms with Crippen molar-refractivity contribution < 1.29 is 14.6 Å². The minimum absolute atomic E-state index is 0.293. The van der Waals surface area contributed by atoms with Crippen molar-refractivity contribution in [1.29, 1.82) is 0 Å². The SMILES string of the molecule is [B]C(O[C@H](COC)[C@@H](C)O)[C@H](C)Cl. The smallest absolute Gasteiger partial charge is 0.111 e. The molecule has 5 heteroatoms. The second-order valence-corrected chi connectivity index (χ2v) is 3.70. The molecule has 1 unspecified atom stereocenters. The van der Waals surface area contributed by atoms with E-state index in [1.54, 1.807) is 13.8 Å². The highest BCUT2D eigenvalue weighted by Crippen LogP contribution is 2.08. The zero-order valence-electron chi connectivity index (χ0n) is 8.24. The second-order valence-electron chi connectivity index (χ2n) is 3.01. The molecule has 0 aromatic heterocycles. The van der Waals surface area contributed by atoms with E-state index in [0.717, 1.165) is 0 Å². The first-order valence-electron chi connectivity index (χ1n) is 4.21. The lowest BCUT2D eigenvalue weighted by atomic mass is 9.96. The molecule has 0 spiro atoms. The molecule has 0 saturated carbocycles. The molecule has 3 nitrogen and oxygen atoms in total. The van der Waals surface area contributed by atoms with Gasteiger partial charge in [-0.15, -0.1) is 11.6 Å². The van der Waals surface area contributed by atoms with Gasteiger partial charge in [-0.3, -0.25) is 0 Å². The maximum atomic E-state index is 9.27. The van der Waals surface area contributed by atoms with E-state index in [4.69, 9.17) is 28.9 Å². The van der Waals surface area contributed by atoms with Crippen LogP contribution in [0.1, 0.15) is 13.8 Å². The fourth-order valence-corrected chi connectivity index (χ4v) is 0.826. The first kappa shape index (κ1) is 13.2. The highest BCUT2D eigenvalue weighted by atomic mass is 35.5. The number of aliphatic hydroxyl groups is 1. The van der Waals surface area contributed by atoms with E-state index in [-0.39, 0.29) is 5.38 Å². The summed E-state index contributed by atoms with van der Waals surface area (Å²) in [6.07, 6.45) is -1.05. The largest absolute Gasteiger partial charge is 0.391 e. The number of methoxy groups -OCH3 is 1. The van der Waals surface area contributed by atoms with E-state index in [0.29, 0.717) is 6.61 Å². The van der Waals surface area contributed by atoms with Gasteiger partial charge in [0.25, 0.3) is 0 Å². The van der Waals surface area contributed by atoms with Crippen LogP contribution in [0.3, 0.4) is 0 Å². The van der Waals surface area contributed by atoms with Crippen LogP contribution in [0.4, 0.5) is 0 Å². The summed E-state index contributed by atoms with van der Waals surface area (Å²) >= 11 is 5.70. The fourth-order valence-electron chi connectivity index (χ4n) is 0.767. The molecule has 0 aliphatic rings. The summed E-state index contributed by atoms with van der Waals surface area (Å²) in [4.78, 5) is 0. The summed E-state index contributed by atoms with van der Waals surface area (Å²) in [6.45, 7) is 3.66. The van der Waals surface area contributed by atoms with Gasteiger partial charge in [-0.1, -0.05) is 0 Å². The third kappa shape index (κ3) is 5.52. The van der Waals surface area contributed by atoms with E-state index in [2.05, 4.69) is 0 Å². The zero-order chi connectivity index (χ0) is 10.4. The Kier molecular flexibility index (Phi) is 6.77. The molecule has 0 aliphatic carbocycles. The molecule has 0 rings (SSSR count). The summed E-state index contributed by atoms with van der Waals surface area (Å²) in [5, 5.41) is 8.98. The number of hydrogen-bond acceptors (Lipinski definition) is 3. The van der Waals surface area contributed by atoms with Gasteiger partial charge in [0.05, 0.1) is 12.7 Å². The Morgan fingerprint density at radius 3 is 2.31 bits per heavy atom. The highest BCUT2D eigenvalue weighted by molar-refractivity contribution is 6.26. The van der Waals surface area contributed by atoms with Crippen LogP contribution >= 0.6 is 11.6 Å². The highest BCUT2D eigenvalue weighted by Gasteiger charge is 2.20. The van der Waals surface area contributed by atoms with E-state index in [1.165, 1.54) is 7.11 Å². The van der Waals surface area contributed by atoms with Crippen LogP contribution in [0.2, 0.25) is 0 Å². The van der Waals surface area contributed by atoms with Crippen LogP contribution in [0, 0.1) is 0 Å². The van der Waals surface area contributed by atoms with Gasteiger partial charge in [0.2, 0.25) is 0 Å². The van der Waals surface area contributed by atoms with Gasteiger partial charge < -0.3 is 14.6 Å². The molecule has 76 valence electrons. The number of halogens is 1. The van der Waals surface area contributed by atoms with Crippen LogP contribution in [-0.2, 0) is 9.47 Å². The average molecular weight is 206 g/mol. The van der Waals surface area contributed by atoms with E-state index in [1.807, 2.05) is 0 Å². The molecule has 0 heterocycles. The lowest BCUT2D eigenvalue weighted by molar-refractivity contribution is -0.0760.